The maximum absolute atomic E-state index is 10.4. The van der Waals surface area contributed by atoms with Crippen molar-refractivity contribution in [3.05, 3.63) is 30.4 Å². The lowest BCUT2D eigenvalue weighted by Crippen LogP contribution is -2.14. The monoisotopic (exact) mass is 263 g/mol. The van der Waals surface area contributed by atoms with Crippen molar-refractivity contribution in [1.29, 1.82) is 0 Å². The Labute approximate surface area is 113 Å². The van der Waals surface area contributed by atoms with Gasteiger partial charge in [-0.2, -0.15) is 5.10 Å². The minimum absolute atomic E-state index is 0.241. The van der Waals surface area contributed by atoms with Crippen LogP contribution in [-0.4, -0.2) is 29.4 Å². The van der Waals surface area contributed by atoms with Crippen molar-refractivity contribution in [2.24, 2.45) is 0 Å². The molecular formula is C13H21N5O. The molecule has 0 aromatic carbocycles. The second-order valence-electron chi connectivity index (χ2n) is 4.95. The molecule has 1 unspecified atom stereocenters. The van der Waals surface area contributed by atoms with E-state index in [9.17, 15) is 5.11 Å². The largest absolute Gasteiger partial charge is 0.386 e. The van der Waals surface area contributed by atoms with Crippen LogP contribution in [0.2, 0.25) is 0 Å². The fourth-order valence-electron chi connectivity index (χ4n) is 2.17. The first-order chi connectivity index (χ1) is 9.13. The molecule has 0 saturated carbocycles. The summed E-state index contributed by atoms with van der Waals surface area (Å²) in [4.78, 5) is 8.33. The first-order valence-electron chi connectivity index (χ1n) is 6.70. The third-order valence-electron chi connectivity index (χ3n) is 3.06. The summed E-state index contributed by atoms with van der Waals surface area (Å²) in [6.07, 6.45) is 5.87. The predicted molar refractivity (Wildman–Crippen MR) is 71.6 cm³/mol. The van der Waals surface area contributed by atoms with E-state index in [0.29, 0.717) is 6.42 Å². The van der Waals surface area contributed by atoms with E-state index in [1.165, 1.54) is 6.33 Å². The first-order valence-corrected chi connectivity index (χ1v) is 6.70. The smallest absolute Gasteiger partial charge is 0.138 e. The van der Waals surface area contributed by atoms with Crippen LogP contribution in [-0.2, 0) is 13.0 Å². The van der Waals surface area contributed by atoms with E-state index < -0.39 is 6.10 Å². The number of aryl methyl sites for hydroxylation is 1. The number of nitrogens with zero attached hydrogens (tertiary/aromatic N) is 5. The van der Waals surface area contributed by atoms with Gasteiger partial charge in [0, 0.05) is 19.0 Å². The summed E-state index contributed by atoms with van der Waals surface area (Å²) in [5, 5.41) is 14.5. The summed E-state index contributed by atoms with van der Waals surface area (Å²) in [5.41, 5.74) is 0.833. The molecular weight excluding hydrogens is 242 g/mol. The van der Waals surface area contributed by atoms with Gasteiger partial charge in [-0.1, -0.05) is 6.92 Å². The Morgan fingerprint density at radius 2 is 2.16 bits per heavy atom. The van der Waals surface area contributed by atoms with Gasteiger partial charge in [0.1, 0.15) is 18.3 Å². The molecule has 6 nitrogen and oxygen atoms in total. The van der Waals surface area contributed by atoms with E-state index in [-0.39, 0.29) is 6.04 Å². The molecule has 1 N–H and O–H groups in total. The summed E-state index contributed by atoms with van der Waals surface area (Å²) < 4.78 is 3.82. The van der Waals surface area contributed by atoms with Crippen LogP contribution in [0.5, 0.6) is 0 Å². The quantitative estimate of drug-likeness (QED) is 0.862. The van der Waals surface area contributed by atoms with Crippen molar-refractivity contribution in [3.8, 4) is 0 Å². The minimum atomic E-state index is -0.601. The highest BCUT2D eigenvalue weighted by Gasteiger charge is 2.17. The fourth-order valence-corrected chi connectivity index (χ4v) is 2.17. The highest BCUT2D eigenvalue weighted by Crippen LogP contribution is 2.18. The molecule has 2 heterocycles. The van der Waals surface area contributed by atoms with Crippen LogP contribution in [0.25, 0.3) is 0 Å². The second-order valence-corrected chi connectivity index (χ2v) is 4.95. The fraction of sp³-hybridized carbons (Fsp3) is 0.615. The van der Waals surface area contributed by atoms with E-state index in [1.807, 2.05) is 23.1 Å². The Balaban J connectivity index is 2.14. The average molecular weight is 263 g/mol. The van der Waals surface area contributed by atoms with Crippen LogP contribution >= 0.6 is 0 Å². The molecule has 104 valence electrons. The zero-order valence-corrected chi connectivity index (χ0v) is 11.7. The Bertz CT molecular complexity index is 517. The van der Waals surface area contributed by atoms with Crippen LogP contribution in [0.3, 0.4) is 0 Å². The van der Waals surface area contributed by atoms with Gasteiger partial charge in [0.25, 0.3) is 0 Å². The van der Waals surface area contributed by atoms with Gasteiger partial charge in [-0.05, 0) is 20.3 Å². The van der Waals surface area contributed by atoms with Crippen LogP contribution in [0.1, 0.15) is 50.9 Å². The van der Waals surface area contributed by atoms with Gasteiger partial charge >= 0.3 is 0 Å². The van der Waals surface area contributed by atoms with Crippen molar-refractivity contribution in [1.82, 2.24) is 24.3 Å². The van der Waals surface area contributed by atoms with E-state index in [0.717, 1.165) is 24.5 Å². The number of aliphatic hydroxyl groups excluding tert-OH is 1. The zero-order valence-electron chi connectivity index (χ0n) is 11.7. The van der Waals surface area contributed by atoms with Crippen molar-refractivity contribution in [2.75, 3.05) is 0 Å². The van der Waals surface area contributed by atoms with Gasteiger partial charge in [0.2, 0.25) is 0 Å². The van der Waals surface area contributed by atoms with Gasteiger partial charge in [-0.3, -0.25) is 0 Å². The molecule has 2 aromatic heterocycles. The average Bonchev–Trinajstić information content (AvgIpc) is 2.98. The molecule has 0 aliphatic carbocycles. The molecule has 6 heteroatoms. The summed E-state index contributed by atoms with van der Waals surface area (Å²) in [6, 6.07) is 0.241. The molecule has 19 heavy (non-hydrogen) atoms. The topological polar surface area (TPSA) is 68.8 Å². The number of hydrogen-bond donors (Lipinski definition) is 1. The third-order valence-corrected chi connectivity index (χ3v) is 3.06. The van der Waals surface area contributed by atoms with E-state index in [1.54, 1.807) is 12.5 Å². The van der Waals surface area contributed by atoms with Gasteiger partial charge < -0.3 is 9.67 Å². The molecule has 0 spiro atoms. The third kappa shape index (κ3) is 3.01. The summed E-state index contributed by atoms with van der Waals surface area (Å²) in [6.45, 7) is 7.06. The van der Waals surface area contributed by atoms with Gasteiger partial charge in [-0.25, -0.2) is 14.6 Å². The van der Waals surface area contributed by atoms with Crippen LogP contribution in [0.15, 0.2) is 18.9 Å². The molecule has 0 saturated heterocycles. The van der Waals surface area contributed by atoms with E-state index >= 15 is 0 Å². The minimum Gasteiger partial charge on any atom is -0.386 e. The maximum Gasteiger partial charge on any atom is 0.138 e. The Hall–Kier alpha value is -1.69. The lowest BCUT2D eigenvalue weighted by Gasteiger charge is -2.15. The van der Waals surface area contributed by atoms with Gasteiger partial charge in [0.05, 0.1) is 18.2 Å². The maximum atomic E-state index is 10.4. The highest BCUT2D eigenvalue weighted by molar-refractivity contribution is 5.06. The zero-order chi connectivity index (χ0) is 13.8. The molecule has 2 rings (SSSR count). The molecule has 2 aromatic rings. The Morgan fingerprint density at radius 3 is 2.84 bits per heavy atom. The highest BCUT2D eigenvalue weighted by atomic mass is 16.3. The molecule has 0 bridgehead atoms. The number of imidazole rings is 1. The number of aromatic nitrogens is 5. The lowest BCUT2D eigenvalue weighted by molar-refractivity contribution is 0.163. The predicted octanol–water partition coefficient (Wildman–Crippen LogP) is 1.74. The lowest BCUT2D eigenvalue weighted by atomic mass is 10.2. The number of hydrogen-bond acceptors (Lipinski definition) is 4. The second kappa shape index (κ2) is 5.97. The molecule has 0 fully saturated rings. The molecule has 0 aliphatic heterocycles. The van der Waals surface area contributed by atoms with Crippen molar-refractivity contribution in [2.45, 2.75) is 52.3 Å². The Kier molecular flexibility index (Phi) is 4.31. The van der Waals surface area contributed by atoms with Gasteiger partial charge in [0.15, 0.2) is 0 Å². The van der Waals surface area contributed by atoms with Crippen LogP contribution < -0.4 is 0 Å². The van der Waals surface area contributed by atoms with Gasteiger partial charge in [-0.15, -0.1) is 0 Å². The molecule has 0 aliphatic rings. The normalized spacial score (nSPS) is 13.1. The van der Waals surface area contributed by atoms with Crippen molar-refractivity contribution >= 4 is 0 Å². The molecule has 0 radical (unpaired) electrons. The number of rotatable bonds is 6. The van der Waals surface area contributed by atoms with Crippen molar-refractivity contribution in [3.63, 3.8) is 0 Å². The summed E-state index contributed by atoms with van der Waals surface area (Å²) in [5.74, 6) is 0.798. The summed E-state index contributed by atoms with van der Waals surface area (Å²) in [7, 11) is 0. The SMILES string of the molecule is CCCn1cncc1C(O)Cc1ncnn1C(C)C. The van der Waals surface area contributed by atoms with E-state index in [2.05, 4.69) is 22.0 Å². The molecule has 0 amide bonds. The summed E-state index contributed by atoms with van der Waals surface area (Å²) >= 11 is 0. The first kappa shape index (κ1) is 13.7. The standard InChI is InChI=1S/C13H21N5O/c1-4-5-17-9-14-7-11(17)12(19)6-13-15-8-16-18(13)10(2)3/h7-10,12,19H,4-6H2,1-3H3. The van der Waals surface area contributed by atoms with Crippen LogP contribution in [0.4, 0.5) is 0 Å². The molecule has 1 atom stereocenters. The number of aliphatic hydroxyl groups is 1. The Morgan fingerprint density at radius 1 is 1.37 bits per heavy atom. The van der Waals surface area contributed by atoms with E-state index in [4.69, 9.17) is 0 Å². The van der Waals surface area contributed by atoms with Crippen molar-refractivity contribution < 1.29 is 5.11 Å². The van der Waals surface area contributed by atoms with Crippen LogP contribution in [0, 0.1) is 0 Å².